The van der Waals surface area contributed by atoms with Gasteiger partial charge in [0, 0.05) is 6.04 Å². The Kier molecular flexibility index (Phi) is 7.56. The molecule has 4 rings (SSSR count). The number of nitrogens with zero attached hydrogens (tertiary/aromatic N) is 2. The summed E-state index contributed by atoms with van der Waals surface area (Å²) in [6.07, 6.45) is -0.703. The van der Waals surface area contributed by atoms with E-state index in [-0.39, 0.29) is 11.9 Å². The smallest absolute Gasteiger partial charge is 0.418 e. The summed E-state index contributed by atoms with van der Waals surface area (Å²) in [6, 6.07) is 23.8. The molecule has 0 aliphatic carbocycles. The van der Waals surface area contributed by atoms with E-state index < -0.39 is 23.9 Å². The maximum atomic E-state index is 14.2. The standard InChI is InChI=1S/C32H38N2O3/c1-21-18-22(2)28(23(3)19-21)29-33(24(4)26-16-12-9-13-17-26)27(20-25-14-10-8-11-15-25)30(35)34(29)31(36)37-32(5,6)7/h8-19,24,27,29H,20H2,1-7H3/t24-,27-,29+/m1/s1. The molecule has 3 atom stereocenters. The fraction of sp³-hybridized carbons (Fsp3) is 0.375. The second kappa shape index (κ2) is 10.5. The second-order valence-corrected chi connectivity index (χ2v) is 11.1. The number of hydrogen-bond donors (Lipinski definition) is 0. The molecule has 1 aliphatic heterocycles. The Labute approximate surface area is 221 Å². The van der Waals surface area contributed by atoms with Crippen LogP contribution in [0, 0.1) is 20.8 Å². The molecule has 5 heteroatoms. The van der Waals surface area contributed by atoms with E-state index in [4.69, 9.17) is 4.74 Å². The largest absolute Gasteiger partial charge is 0.443 e. The topological polar surface area (TPSA) is 49.9 Å². The third-order valence-corrected chi connectivity index (χ3v) is 7.00. The number of hydrogen-bond acceptors (Lipinski definition) is 4. The van der Waals surface area contributed by atoms with Crippen molar-refractivity contribution in [1.29, 1.82) is 0 Å². The van der Waals surface area contributed by atoms with Crippen LogP contribution in [0.2, 0.25) is 0 Å². The number of rotatable bonds is 5. The van der Waals surface area contributed by atoms with E-state index in [0.29, 0.717) is 6.42 Å². The molecule has 1 aliphatic rings. The van der Waals surface area contributed by atoms with Gasteiger partial charge in [-0.2, -0.15) is 0 Å². The second-order valence-electron chi connectivity index (χ2n) is 11.1. The van der Waals surface area contributed by atoms with Gasteiger partial charge in [0.2, 0.25) is 0 Å². The Morgan fingerprint density at radius 2 is 1.46 bits per heavy atom. The van der Waals surface area contributed by atoms with Gasteiger partial charge in [-0.25, -0.2) is 9.69 Å². The van der Waals surface area contributed by atoms with Crippen molar-refractivity contribution in [1.82, 2.24) is 9.80 Å². The van der Waals surface area contributed by atoms with Crippen molar-refractivity contribution in [2.75, 3.05) is 0 Å². The van der Waals surface area contributed by atoms with Gasteiger partial charge in [-0.1, -0.05) is 78.4 Å². The van der Waals surface area contributed by atoms with Gasteiger partial charge in [0.1, 0.15) is 11.8 Å². The zero-order valence-electron chi connectivity index (χ0n) is 23.0. The van der Waals surface area contributed by atoms with Crippen LogP contribution in [-0.2, 0) is 16.0 Å². The van der Waals surface area contributed by atoms with Crippen molar-refractivity contribution in [2.24, 2.45) is 0 Å². The van der Waals surface area contributed by atoms with Gasteiger partial charge < -0.3 is 4.74 Å². The number of amides is 2. The molecule has 0 unspecified atom stereocenters. The summed E-state index contributed by atoms with van der Waals surface area (Å²) in [5.41, 5.74) is 5.63. The number of carbonyl (C=O) groups excluding carboxylic acids is 2. The molecule has 0 aromatic heterocycles. The van der Waals surface area contributed by atoms with E-state index in [9.17, 15) is 9.59 Å². The summed E-state index contributed by atoms with van der Waals surface area (Å²) in [4.78, 5) is 31.5. The van der Waals surface area contributed by atoms with E-state index >= 15 is 0 Å². The summed E-state index contributed by atoms with van der Waals surface area (Å²) >= 11 is 0. The predicted molar refractivity (Wildman–Crippen MR) is 147 cm³/mol. The molecule has 37 heavy (non-hydrogen) atoms. The molecule has 0 N–H and O–H groups in total. The van der Waals surface area contributed by atoms with E-state index in [1.165, 1.54) is 4.90 Å². The first-order valence-electron chi connectivity index (χ1n) is 13.0. The Balaban J connectivity index is 1.92. The van der Waals surface area contributed by atoms with E-state index in [1.807, 2.05) is 69.3 Å². The molecule has 0 radical (unpaired) electrons. The predicted octanol–water partition coefficient (Wildman–Crippen LogP) is 7.06. The van der Waals surface area contributed by atoms with Crippen molar-refractivity contribution in [2.45, 2.75) is 78.7 Å². The van der Waals surface area contributed by atoms with Crippen molar-refractivity contribution in [3.8, 4) is 0 Å². The number of ether oxygens (including phenoxy) is 1. The number of benzene rings is 3. The van der Waals surface area contributed by atoms with Crippen molar-refractivity contribution < 1.29 is 14.3 Å². The van der Waals surface area contributed by atoms with Crippen LogP contribution in [0.5, 0.6) is 0 Å². The van der Waals surface area contributed by atoms with Gasteiger partial charge in [-0.05, 0) is 82.7 Å². The zero-order chi connectivity index (χ0) is 26.9. The Morgan fingerprint density at radius 3 is 2.00 bits per heavy atom. The van der Waals surface area contributed by atoms with Crippen LogP contribution in [0.15, 0.2) is 72.8 Å². The molecule has 5 nitrogen and oxygen atoms in total. The molecule has 2 amide bonds. The molecule has 3 aromatic carbocycles. The van der Waals surface area contributed by atoms with Crippen molar-refractivity contribution in [3.63, 3.8) is 0 Å². The highest BCUT2D eigenvalue weighted by Crippen LogP contribution is 2.44. The fourth-order valence-electron chi connectivity index (χ4n) is 5.51. The van der Waals surface area contributed by atoms with Gasteiger partial charge in [-0.15, -0.1) is 0 Å². The maximum absolute atomic E-state index is 14.2. The van der Waals surface area contributed by atoms with Crippen LogP contribution in [-0.4, -0.2) is 33.4 Å². The molecular formula is C32H38N2O3. The third-order valence-electron chi connectivity index (χ3n) is 7.00. The molecule has 1 heterocycles. The van der Waals surface area contributed by atoms with Crippen molar-refractivity contribution in [3.05, 3.63) is 106 Å². The lowest BCUT2D eigenvalue weighted by atomic mass is 9.94. The van der Waals surface area contributed by atoms with E-state index in [2.05, 4.69) is 56.9 Å². The minimum Gasteiger partial charge on any atom is -0.443 e. The Bertz CT molecular complexity index is 1240. The van der Waals surface area contributed by atoms with Gasteiger partial charge in [0.25, 0.3) is 5.91 Å². The van der Waals surface area contributed by atoms with Crippen LogP contribution in [0.3, 0.4) is 0 Å². The molecule has 3 aromatic rings. The first-order valence-corrected chi connectivity index (χ1v) is 13.0. The molecule has 0 bridgehead atoms. The normalized spacial score (nSPS) is 19.2. The van der Waals surface area contributed by atoms with Crippen LogP contribution >= 0.6 is 0 Å². The monoisotopic (exact) mass is 498 g/mol. The van der Waals surface area contributed by atoms with Gasteiger partial charge in [-0.3, -0.25) is 9.69 Å². The lowest BCUT2D eigenvalue weighted by Crippen LogP contribution is -2.41. The molecule has 0 spiro atoms. The maximum Gasteiger partial charge on any atom is 0.418 e. The third kappa shape index (κ3) is 5.62. The summed E-state index contributed by atoms with van der Waals surface area (Å²) in [5, 5.41) is 0. The van der Waals surface area contributed by atoms with Gasteiger partial charge in [0.05, 0.1) is 6.04 Å². The van der Waals surface area contributed by atoms with Crippen LogP contribution in [0.1, 0.15) is 73.3 Å². The Morgan fingerprint density at radius 1 is 0.919 bits per heavy atom. The first kappa shape index (κ1) is 26.6. The van der Waals surface area contributed by atoms with Gasteiger partial charge >= 0.3 is 6.09 Å². The lowest BCUT2D eigenvalue weighted by Gasteiger charge is -2.37. The SMILES string of the molecule is Cc1cc(C)c([C@@H]2N(C(=O)OC(C)(C)C)C(=O)[C@@H](Cc3ccccc3)N2[C@H](C)c2ccccc2)c(C)c1. The molecular weight excluding hydrogens is 460 g/mol. The zero-order valence-corrected chi connectivity index (χ0v) is 23.0. The number of carbonyl (C=O) groups is 2. The lowest BCUT2D eigenvalue weighted by molar-refractivity contribution is -0.129. The Hall–Kier alpha value is -3.44. The minimum absolute atomic E-state index is 0.128. The summed E-state index contributed by atoms with van der Waals surface area (Å²) in [5.74, 6) is -0.231. The average Bonchev–Trinajstić information content (AvgIpc) is 3.09. The number of aryl methyl sites for hydroxylation is 3. The minimum atomic E-state index is -0.729. The fourth-order valence-corrected chi connectivity index (χ4v) is 5.51. The highest BCUT2D eigenvalue weighted by Gasteiger charge is 2.53. The van der Waals surface area contributed by atoms with Crippen LogP contribution < -0.4 is 0 Å². The van der Waals surface area contributed by atoms with Crippen LogP contribution in [0.4, 0.5) is 4.79 Å². The highest BCUT2D eigenvalue weighted by atomic mass is 16.6. The molecule has 1 saturated heterocycles. The van der Waals surface area contributed by atoms with Gasteiger partial charge in [0.15, 0.2) is 0 Å². The summed E-state index contributed by atoms with van der Waals surface area (Å²) in [6.45, 7) is 13.8. The van der Waals surface area contributed by atoms with E-state index in [1.54, 1.807) is 0 Å². The summed E-state index contributed by atoms with van der Waals surface area (Å²) < 4.78 is 5.82. The number of imide groups is 1. The highest BCUT2D eigenvalue weighted by molar-refractivity contribution is 5.98. The van der Waals surface area contributed by atoms with E-state index in [0.717, 1.165) is 33.4 Å². The molecule has 1 fully saturated rings. The molecule has 0 saturated carbocycles. The first-order chi connectivity index (χ1) is 17.5. The summed E-state index contributed by atoms with van der Waals surface area (Å²) in [7, 11) is 0. The van der Waals surface area contributed by atoms with Crippen LogP contribution in [0.25, 0.3) is 0 Å². The molecule has 194 valence electrons. The average molecular weight is 499 g/mol. The van der Waals surface area contributed by atoms with Crippen molar-refractivity contribution >= 4 is 12.0 Å². The quantitative estimate of drug-likeness (QED) is 0.378.